The number of hydrogen-bond donors (Lipinski definition) is 2. The molecule has 2 N–H and O–H groups in total. The molecule has 0 saturated heterocycles. The van der Waals surface area contributed by atoms with Crippen LogP contribution in [0.1, 0.15) is 74.9 Å². The number of nitrogens with zero attached hydrogens (tertiary/aromatic N) is 2. The van der Waals surface area contributed by atoms with Gasteiger partial charge in [-0.05, 0) is 143 Å². The number of thiophene rings is 6. The maximum atomic E-state index is 10.8. The Bertz CT molecular complexity index is 2620. The van der Waals surface area contributed by atoms with Gasteiger partial charge in [0, 0.05) is 90.8 Å². The Morgan fingerprint density at radius 2 is 0.852 bits per heavy atom. The molecule has 0 aliphatic carbocycles. The van der Waals surface area contributed by atoms with Crippen molar-refractivity contribution < 1.29 is 10.2 Å². The zero-order valence-corrected chi connectivity index (χ0v) is 40.3. The van der Waals surface area contributed by atoms with E-state index in [2.05, 4.69) is 101 Å². The average molecular weight is 915 g/mol. The van der Waals surface area contributed by atoms with Crippen LogP contribution in [0, 0.1) is 5.41 Å². The van der Waals surface area contributed by atoms with Crippen LogP contribution in [-0.4, -0.2) is 35.7 Å². The second kappa shape index (κ2) is 18.9. The van der Waals surface area contributed by atoms with Gasteiger partial charge in [-0.1, -0.05) is 53.7 Å². The SMILES string of the molecule is CCc1c(-c2cccs2)sc(-c2ccc(-c3ccc(O)c(C=NCC(C)(C)CN=Cc4cc(-c5ccc(-c6sc(-c7cccs7)c(CC)c6CC)s5)ccc4O)c3)s2)c1CC. The van der Waals surface area contributed by atoms with Crippen LogP contribution in [0.25, 0.3) is 59.9 Å². The number of aromatic hydroxyl groups is 2. The fourth-order valence-electron chi connectivity index (χ4n) is 7.79. The molecule has 0 spiro atoms. The third-order valence-corrected chi connectivity index (χ3v) is 18.2. The van der Waals surface area contributed by atoms with Gasteiger partial charge in [-0.15, -0.1) is 68.0 Å². The van der Waals surface area contributed by atoms with Gasteiger partial charge in [-0.3, -0.25) is 9.98 Å². The van der Waals surface area contributed by atoms with Crippen LogP contribution in [0.3, 0.4) is 0 Å². The summed E-state index contributed by atoms with van der Waals surface area (Å²) in [5, 5.41) is 26.0. The van der Waals surface area contributed by atoms with Gasteiger partial charge in [0.05, 0.1) is 0 Å². The van der Waals surface area contributed by atoms with Gasteiger partial charge in [0.2, 0.25) is 0 Å². The summed E-state index contributed by atoms with van der Waals surface area (Å²) in [6.45, 7) is 14.4. The van der Waals surface area contributed by atoms with E-state index in [0.717, 1.165) is 36.8 Å². The van der Waals surface area contributed by atoms with E-state index in [4.69, 9.17) is 9.98 Å². The van der Waals surface area contributed by atoms with Crippen molar-refractivity contribution in [3.05, 3.63) is 129 Å². The molecule has 0 unspecified atom stereocenters. The zero-order chi connectivity index (χ0) is 42.7. The molecule has 2 aromatic carbocycles. The van der Waals surface area contributed by atoms with E-state index in [1.807, 2.05) is 69.6 Å². The Labute approximate surface area is 384 Å². The van der Waals surface area contributed by atoms with Gasteiger partial charge in [0.15, 0.2) is 0 Å². The lowest BCUT2D eigenvalue weighted by molar-refractivity contribution is 0.396. The van der Waals surface area contributed by atoms with E-state index in [9.17, 15) is 10.2 Å². The first-order valence-electron chi connectivity index (χ1n) is 20.8. The summed E-state index contributed by atoms with van der Waals surface area (Å²) in [6.07, 6.45) is 7.63. The first-order valence-corrected chi connectivity index (χ1v) is 25.9. The highest BCUT2D eigenvalue weighted by atomic mass is 32.1. The van der Waals surface area contributed by atoms with Gasteiger partial charge in [0.25, 0.3) is 0 Å². The molecule has 61 heavy (non-hydrogen) atoms. The van der Waals surface area contributed by atoms with E-state index in [1.165, 1.54) is 71.0 Å². The van der Waals surface area contributed by atoms with E-state index in [1.54, 1.807) is 47.2 Å². The van der Waals surface area contributed by atoms with Crippen molar-refractivity contribution in [2.45, 2.75) is 67.2 Å². The zero-order valence-electron chi connectivity index (χ0n) is 35.4. The molecule has 0 atom stereocenters. The fraction of sp³-hybridized carbons (Fsp3) is 0.255. The summed E-state index contributed by atoms with van der Waals surface area (Å²) in [7, 11) is 0. The van der Waals surface area contributed by atoms with Gasteiger partial charge in [-0.2, -0.15) is 0 Å². The number of phenolic OH excluding ortho intramolecular Hbond substituents is 2. The monoisotopic (exact) mass is 914 g/mol. The van der Waals surface area contributed by atoms with Gasteiger partial charge >= 0.3 is 0 Å². The van der Waals surface area contributed by atoms with Crippen molar-refractivity contribution in [2.75, 3.05) is 13.1 Å². The standard InChI is InChI=1S/C51H50N2O2S6/c1-7-35-37(9-3)49(60-47(35)43-13-11-23-56-43)45-21-19-41(58-45)31-15-17-39(54)33(25-31)27-52-29-51(5,6)30-53-28-34-26-32(16-18-40(34)55)42-20-22-46(59-42)50-38(10-4)36(8-2)48(61-50)44-14-12-24-57-44/h11-28,54-55H,7-10,29-30H2,1-6H3. The number of rotatable bonds is 16. The summed E-state index contributed by atoms with van der Waals surface area (Å²) in [5.74, 6) is 0.422. The van der Waals surface area contributed by atoms with Crippen molar-refractivity contribution >= 4 is 80.4 Å². The lowest BCUT2D eigenvalue weighted by atomic mass is 9.94. The Kier molecular flexibility index (Phi) is 13.4. The summed E-state index contributed by atoms with van der Waals surface area (Å²) < 4.78 is 0. The minimum Gasteiger partial charge on any atom is -0.507 e. The summed E-state index contributed by atoms with van der Waals surface area (Å²) >= 11 is 11.1. The summed E-state index contributed by atoms with van der Waals surface area (Å²) in [6, 6.07) is 29.2. The molecule has 0 radical (unpaired) electrons. The van der Waals surface area contributed by atoms with Gasteiger partial charge in [-0.25, -0.2) is 0 Å². The maximum Gasteiger partial charge on any atom is 0.124 e. The predicted octanol–water partition coefficient (Wildman–Crippen LogP) is 16.3. The molecular formula is C51H50N2O2S6. The average Bonchev–Trinajstić information content (AvgIpc) is 4.12. The van der Waals surface area contributed by atoms with Crippen molar-refractivity contribution in [3.63, 3.8) is 0 Å². The minimum atomic E-state index is -0.243. The molecule has 0 aliphatic heterocycles. The van der Waals surface area contributed by atoms with Crippen LogP contribution >= 0.6 is 68.0 Å². The maximum absolute atomic E-state index is 10.8. The molecule has 0 saturated carbocycles. The van der Waals surface area contributed by atoms with Crippen LogP contribution in [0.2, 0.25) is 0 Å². The molecule has 6 heterocycles. The Balaban J connectivity index is 0.936. The molecule has 8 aromatic rings. The molecule has 8 rings (SSSR count). The highest BCUT2D eigenvalue weighted by Crippen LogP contribution is 2.49. The first-order chi connectivity index (χ1) is 29.6. The van der Waals surface area contributed by atoms with Crippen molar-refractivity contribution in [1.82, 2.24) is 0 Å². The van der Waals surface area contributed by atoms with Crippen LogP contribution in [0.15, 0.2) is 106 Å². The number of aliphatic imine (C=N–C) groups is 2. The highest BCUT2D eigenvalue weighted by Gasteiger charge is 2.22. The molecule has 0 fully saturated rings. The summed E-state index contributed by atoms with van der Waals surface area (Å²) in [5.41, 5.74) is 9.15. The Morgan fingerprint density at radius 1 is 0.475 bits per heavy atom. The summed E-state index contributed by atoms with van der Waals surface area (Å²) in [4.78, 5) is 22.7. The van der Waals surface area contributed by atoms with Crippen LogP contribution in [0.5, 0.6) is 11.5 Å². The van der Waals surface area contributed by atoms with Crippen molar-refractivity contribution in [2.24, 2.45) is 15.4 Å². The Hall–Kier alpha value is -4.42. The smallest absolute Gasteiger partial charge is 0.124 e. The lowest BCUT2D eigenvalue weighted by Gasteiger charge is -2.19. The van der Waals surface area contributed by atoms with Gasteiger partial charge in [0.1, 0.15) is 11.5 Å². The number of benzene rings is 2. The second-order valence-corrected chi connectivity index (χ2v) is 21.9. The van der Waals surface area contributed by atoms with Gasteiger partial charge < -0.3 is 10.2 Å². The normalized spacial score (nSPS) is 12.2. The van der Waals surface area contributed by atoms with E-state index < -0.39 is 0 Å². The molecule has 6 aromatic heterocycles. The quantitative estimate of drug-likeness (QED) is 0.0949. The minimum absolute atomic E-state index is 0.211. The third kappa shape index (κ3) is 9.22. The second-order valence-electron chi connectivity index (χ2n) is 15.8. The molecule has 0 aliphatic rings. The predicted molar refractivity (Wildman–Crippen MR) is 272 cm³/mol. The van der Waals surface area contributed by atoms with E-state index in [0.29, 0.717) is 24.2 Å². The number of hydrogen-bond acceptors (Lipinski definition) is 10. The molecule has 10 heteroatoms. The topological polar surface area (TPSA) is 65.2 Å². The number of phenols is 2. The van der Waals surface area contributed by atoms with E-state index in [-0.39, 0.29) is 16.9 Å². The van der Waals surface area contributed by atoms with Crippen molar-refractivity contribution in [3.8, 4) is 71.4 Å². The fourth-order valence-corrected chi connectivity index (χ4v) is 14.8. The van der Waals surface area contributed by atoms with Crippen LogP contribution in [-0.2, 0) is 25.7 Å². The van der Waals surface area contributed by atoms with Crippen molar-refractivity contribution in [1.29, 1.82) is 0 Å². The van der Waals surface area contributed by atoms with E-state index >= 15 is 0 Å². The molecule has 4 nitrogen and oxygen atoms in total. The lowest BCUT2D eigenvalue weighted by Crippen LogP contribution is -2.19. The highest BCUT2D eigenvalue weighted by molar-refractivity contribution is 7.28. The van der Waals surface area contributed by atoms with Crippen LogP contribution in [0.4, 0.5) is 0 Å². The molecule has 0 bridgehead atoms. The molecule has 0 amide bonds. The molecule has 312 valence electrons. The third-order valence-electron chi connectivity index (χ3n) is 10.9. The van der Waals surface area contributed by atoms with Crippen LogP contribution < -0.4 is 0 Å². The largest absolute Gasteiger partial charge is 0.507 e. The Morgan fingerprint density at radius 3 is 1.21 bits per heavy atom. The first kappa shape index (κ1) is 43.2. The molecular weight excluding hydrogens is 865 g/mol.